The molecule has 3 nitrogen and oxygen atoms in total. The van der Waals surface area contributed by atoms with E-state index in [2.05, 4.69) is 13.8 Å². The molecule has 0 heterocycles. The van der Waals surface area contributed by atoms with Crippen molar-refractivity contribution >= 4 is 11.8 Å². The van der Waals surface area contributed by atoms with Gasteiger partial charge in [-0.05, 0) is 99.2 Å². The van der Waals surface area contributed by atoms with Gasteiger partial charge in [0, 0.05) is 6.92 Å². The smallest absolute Gasteiger partial charge is 0.303 e. The van der Waals surface area contributed by atoms with E-state index in [1.54, 1.807) is 6.92 Å². The highest BCUT2D eigenvalue weighted by molar-refractivity contribution is 5.87. The molecule has 26 heavy (non-hydrogen) atoms. The number of hydrogen-bond donors (Lipinski definition) is 0. The Labute approximate surface area is 158 Å². The summed E-state index contributed by atoms with van der Waals surface area (Å²) in [5, 5.41) is 0. The van der Waals surface area contributed by atoms with Crippen molar-refractivity contribution in [3.8, 4) is 0 Å². The molecule has 4 rings (SSSR count). The number of ketones is 1. The lowest BCUT2D eigenvalue weighted by molar-refractivity contribution is -0.186. The van der Waals surface area contributed by atoms with Crippen molar-refractivity contribution in [2.45, 2.75) is 97.5 Å². The standard InChI is InChI=1S/C23H36O3/c1-15(24)23(26-16(2)25)13-12-22(4)17(14-23)7-8-18-19-6-5-10-21(19,3)11-9-20(18)22/h17-20H,5-14H2,1-4H3/t17-,18-,19+,20-,21-,22-,23-/m0/s1. The normalized spacial score (nSPS) is 50.3. The molecule has 4 aliphatic rings. The van der Waals surface area contributed by atoms with Crippen LogP contribution in [0.2, 0.25) is 0 Å². The number of fused-ring (bicyclic) bond motifs is 5. The molecule has 3 heteroatoms. The second kappa shape index (κ2) is 6.07. The van der Waals surface area contributed by atoms with E-state index in [1.165, 1.54) is 51.9 Å². The summed E-state index contributed by atoms with van der Waals surface area (Å²) in [5.41, 5.74) is 0.0746. The largest absolute Gasteiger partial charge is 0.451 e. The molecule has 146 valence electrons. The molecule has 0 N–H and O–H groups in total. The van der Waals surface area contributed by atoms with Crippen LogP contribution in [0.4, 0.5) is 0 Å². The number of hydrogen-bond acceptors (Lipinski definition) is 3. The summed E-state index contributed by atoms with van der Waals surface area (Å²) in [5.74, 6) is 2.87. The zero-order valence-electron chi connectivity index (χ0n) is 17.1. The van der Waals surface area contributed by atoms with E-state index in [1.807, 2.05) is 0 Å². The minimum atomic E-state index is -0.848. The fourth-order valence-corrected chi connectivity index (χ4v) is 7.98. The summed E-state index contributed by atoms with van der Waals surface area (Å²) in [4.78, 5) is 24.1. The molecule has 7 atom stereocenters. The molecule has 0 aliphatic heterocycles. The second-order valence-corrected chi connectivity index (χ2v) is 10.6. The first-order valence-corrected chi connectivity index (χ1v) is 10.9. The van der Waals surface area contributed by atoms with Crippen LogP contribution in [0.15, 0.2) is 0 Å². The van der Waals surface area contributed by atoms with E-state index in [4.69, 9.17) is 4.74 Å². The van der Waals surface area contributed by atoms with Gasteiger partial charge in [0.2, 0.25) is 0 Å². The molecular formula is C23H36O3. The molecule has 0 amide bonds. The van der Waals surface area contributed by atoms with Gasteiger partial charge in [0.1, 0.15) is 0 Å². The Morgan fingerprint density at radius 1 is 0.885 bits per heavy atom. The molecule has 0 radical (unpaired) electrons. The second-order valence-electron chi connectivity index (χ2n) is 10.6. The fraction of sp³-hybridized carbons (Fsp3) is 0.913. The first-order chi connectivity index (χ1) is 12.2. The quantitative estimate of drug-likeness (QED) is 0.627. The lowest BCUT2D eigenvalue weighted by Gasteiger charge is -2.61. The van der Waals surface area contributed by atoms with Crippen molar-refractivity contribution in [3.63, 3.8) is 0 Å². The van der Waals surface area contributed by atoms with Crippen molar-refractivity contribution < 1.29 is 14.3 Å². The van der Waals surface area contributed by atoms with Crippen molar-refractivity contribution in [1.82, 2.24) is 0 Å². The first kappa shape index (κ1) is 18.5. The zero-order chi connectivity index (χ0) is 18.7. The maximum absolute atomic E-state index is 12.4. The highest BCUT2D eigenvalue weighted by atomic mass is 16.6. The van der Waals surface area contributed by atoms with Gasteiger partial charge in [-0.3, -0.25) is 9.59 Å². The average molecular weight is 361 g/mol. The van der Waals surface area contributed by atoms with Crippen LogP contribution in [0.1, 0.15) is 91.9 Å². The van der Waals surface area contributed by atoms with Crippen LogP contribution in [0, 0.1) is 34.5 Å². The van der Waals surface area contributed by atoms with E-state index in [0.29, 0.717) is 16.7 Å². The minimum absolute atomic E-state index is 0.0453. The maximum atomic E-state index is 12.4. The SMILES string of the molecule is CC(=O)O[C@@]1(C(C)=O)CC[C@@]2(C)[C@@H](CC[C@H]3[C@H]4CCC[C@@]4(C)CC[C@@H]32)C1. The van der Waals surface area contributed by atoms with Gasteiger partial charge in [-0.25, -0.2) is 0 Å². The molecule has 4 saturated carbocycles. The van der Waals surface area contributed by atoms with E-state index in [9.17, 15) is 9.59 Å². The van der Waals surface area contributed by atoms with Crippen molar-refractivity contribution in [3.05, 3.63) is 0 Å². The fourth-order valence-electron chi connectivity index (χ4n) is 7.98. The van der Waals surface area contributed by atoms with Crippen LogP contribution < -0.4 is 0 Å². The van der Waals surface area contributed by atoms with Gasteiger partial charge >= 0.3 is 5.97 Å². The highest BCUT2D eigenvalue weighted by Gasteiger charge is 2.60. The van der Waals surface area contributed by atoms with Crippen LogP contribution in [-0.2, 0) is 14.3 Å². The minimum Gasteiger partial charge on any atom is -0.451 e. The van der Waals surface area contributed by atoms with E-state index in [0.717, 1.165) is 37.0 Å². The molecule has 0 spiro atoms. The number of carbonyl (C=O) groups is 2. The molecule has 4 fully saturated rings. The Hall–Kier alpha value is -0.860. The number of ether oxygens (including phenoxy) is 1. The van der Waals surface area contributed by atoms with Crippen LogP contribution in [0.3, 0.4) is 0 Å². The van der Waals surface area contributed by atoms with Gasteiger partial charge in [-0.2, -0.15) is 0 Å². The van der Waals surface area contributed by atoms with Crippen molar-refractivity contribution in [2.75, 3.05) is 0 Å². The van der Waals surface area contributed by atoms with Crippen molar-refractivity contribution in [2.24, 2.45) is 34.5 Å². The molecule has 0 bridgehead atoms. The van der Waals surface area contributed by atoms with Crippen LogP contribution in [0.25, 0.3) is 0 Å². The van der Waals surface area contributed by atoms with E-state index in [-0.39, 0.29) is 11.8 Å². The monoisotopic (exact) mass is 360 g/mol. The van der Waals surface area contributed by atoms with Crippen molar-refractivity contribution in [1.29, 1.82) is 0 Å². The summed E-state index contributed by atoms with van der Waals surface area (Å²) < 4.78 is 5.67. The van der Waals surface area contributed by atoms with E-state index >= 15 is 0 Å². The van der Waals surface area contributed by atoms with Gasteiger partial charge in [-0.1, -0.05) is 20.3 Å². The summed E-state index contributed by atoms with van der Waals surface area (Å²) in [6, 6.07) is 0. The zero-order valence-corrected chi connectivity index (χ0v) is 17.1. The predicted molar refractivity (Wildman–Crippen MR) is 102 cm³/mol. The third-order valence-corrected chi connectivity index (χ3v) is 9.47. The highest BCUT2D eigenvalue weighted by Crippen LogP contribution is 2.67. The molecule has 0 saturated heterocycles. The summed E-state index contributed by atoms with van der Waals surface area (Å²) in [6.45, 7) is 8.11. The van der Waals surface area contributed by atoms with Gasteiger partial charge in [0.15, 0.2) is 11.4 Å². The topological polar surface area (TPSA) is 43.4 Å². The number of rotatable bonds is 2. The Bertz CT molecular complexity index is 613. The molecule has 0 aromatic heterocycles. The molecular weight excluding hydrogens is 324 g/mol. The van der Waals surface area contributed by atoms with Crippen LogP contribution in [0.5, 0.6) is 0 Å². The molecule has 0 aromatic carbocycles. The Kier molecular flexibility index (Phi) is 4.32. The summed E-state index contributed by atoms with van der Waals surface area (Å²) in [6.07, 6.45) is 12.1. The van der Waals surface area contributed by atoms with Gasteiger partial charge in [0.05, 0.1) is 0 Å². The Morgan fingerprint density at radius 3 is 2.35 bits per heavy atom. The Morgan fingerprint density at radius 2 is 1.65 bits per heavy atom. The van der Waals surface area contributed by atoms with Gasteiger partial charge in [0.25, 0.3) is 0 Å². The van der Waals surface area contributed by atoms with E-state index < -0.39 is 5.60 Å². The van der Waals surface area contributed by atoms with Crippen LogP contribution in [-0.4, -0.2) is 17.4 Å². The number of esters is 1. The first-order valence-electron chi connectivity index (χ1n) is 10.9. The molecule has 0 aromatic rings. The van der Waals surface area contributed by atoms with Gasteiger partial charge in [-0.15, -0.1) is 0 Å². The predicted octanol–water partition coefficient (Wildman–Crippen LogP) is 5.31. The maximum Gasteiger partial charge on any atom is 0.303 e. The lowest BCUT2D eigenvalue weighted by Crippen LogP contribution is -2.57. The lowest BCUT2D eigenvalue weighted by atomic mass is 9.44. The summed E-state index contributed by atoms with van der Waals surface area (Å²) >= 11 is 0. The molecule has 4 aliphatic carbocycles. The third kappa shape index (κ3) is 2.59. The summed E-state index contributed by atoms with van der Waals surface area (Å²) in [7, 11) is 0. The number of Topliss-reactive ketones (excluding diaryl/α,β-unsaturated/α-hetero) is 1. The van der Waals surface area contributed by atoms with Crippen LogP contribution >= 0.6 is 0 Å². The van der Waals surface area contributed by atoms with Gasteiger partial charge < -0.3 is 4.74 Å². The Balaban J connectivity index is 1.59. The third-order valence-electron chi connectivity index (χ3n) is 9.47. The molecule has 0 unspecified atom stereocenters. The number of carbonyl (C=O) groups excluding carboxylic acids is 2. The average Bonchev–Trinajstić information content (AvgIpc) is 2.96.